The average molecular weight is 371 g/mol. The lowest BCUT2D eigenvalue weighted by molar-refractivity contribution is 0.0804. The molecule has 132 valence electrons. The first-order valence-electron chi connectivity index (χ1n) is 7.96. The summed E-state index contributed by atoms with van der Waals surface area (Å²) in [5.74, 6) is 0.789. The molecule has 0 radical (unpaired) electrons. The fourth-order valence-electron chi connectivity index (χ4n) is 2.37. The fourth-order valence-corrected chi connectivity index (χ4v) is 3.40. The molecule has 0 saturated carbocycles. The number of amides is 1. The van der Waals surface area contributed by atoms with Crippen molar-refractivity contribution in [1.29, 1.82) is 0 Å². The average Bonchev–Trinajstić information content (AvgIpc) is 2.98. The van der Waals surface area contributed by atoms with E-state index < -0.39 is 6.09 Å². The molecule has 0 spiro atoms. The summed E-state index contributed by atoms with van der Waals surface area (Å²) in [5, 5.41) is 7.51. The summed E-state index contributed by atoms with van der Waals surface area (Å²) in [6, 6.07) is 5.69. The number of fused-ring (bicyclic) bond motifs is 1. The minimum atomic E-state index is -0.427. The van der Waals surface area contributed by atoms with Crippen LogP contribution in [0.15, 0.2) is 18.2 Å². The van der Waals surface area contributed by atoms with Gasteiger partial charge in [0.15, 0.2) is 0 Å². The summed E-state index contributed by atoms with van der Waals surface area (Å²) < 4.78 is 10.9. The lowest BCUT2D eigenvalue weighted by atomic mass is 10.2. The molecule has 0 saturated heterocycles. The van der Waals surface area contributed by atoms with Crippen molar-refractivity contribution in [2.75, 3.05) is 38.5 Å². The van der Waals surface area contributed by atoms with Crippen molar-refractivity contribution in [3.8, 4) is 0 Å². The van der Waals surface area contributed by atoms with Crippen molar-refractivity contribution >= 4 is 45.1 Å². The number of hydrogen-bond acceptors (Lipinski definition) is 6. The predicted octanol–water partition coefficient (Wildman–Crippen LogP) is 3.43. The highest BCUT2D eigenvalue weighted by molar-refractivity contribution is 7.13. The first-order chi connectivity index (χ1) is 11.6. The third kappa shape index (κ3) is 4.96. The molecule has 0 aliphatic carbocycles. The number of anilines is 1. The van der Waals surface area contributed by atoms with E-state index in [4.69, 9.17) is 16.3 Å². The number of aromatic nitrogens is 1. The Morgan fingerprint density at radius 2 is 2.17 bits per heavy atom. The maximum atomic E-state index is 11.6. The highest BCUT2D eigenvalue weighted by atomic mass is 35.5. The number of carbonyl (C=O) groups excluding carboxylic acids is 1. The molecule has 0 fully saturated rings. The van der Waals surface area contributed by atoms with Crippen molar-refractivity contribution in [3.63, 3.8) is 0 Å². The number of benzene rings is 1. The van der Waals surface area contributed by atoms with Crippen molar-refractivity contribution < 1.29 is 9.53 Å². The van der Waals surface area contributed by atoms with Crippen molar-refractivity contribution in [1.82, 2.24) is 14.6 Å². The molecule has 2 N–H and O–H groups in total. The third-order valence-electron chi connectivity index (χ3n) is 3.77. The highest BCUT2D eigenvalue weighted by Crippen LogP contribution is 2.29. The van der Waals surface area contributed by atoms with Gasteiger partial charge in [0.2, 0.25) is 0 Å². The summed E-state index contributed by atoms with van der Waals surface area (Å²) in [6.45, 7) is 7.15. The van der Waals surface area contributed by atoms with E-state index in [1.54, 1.807) is 7.05 Å². The second kappa shape index (κ2) is 9.05. The standard InChI is InChI=1S/C16H23ClN4O2S/c1-4-21(5-2)10-12(23-16(22)18-3)9-19-15-13-7-6-11(17)8-14(13)24-20-15/h6-8,12H,4-5,9-10H2,1-3H3,(H,18,22)(H,19,20). The molecule has 0 aliphatic rings. The number of alkyl carbamates (subject to hydrolysis) is 1. The molecule has 1 aromatic carbocycles. The highest BCUT2D eigenvalue weighted by Gasteiger charge is 2.17. The molecule has 2 rings (SSSR count). The molecule has 0 bridgehead atoms. The Bertz CT molecular complexity index is 675. The van der Waals surface area contributed by atoms with Crippen LogP contribution in [0, 0.1) is 0 Å². The monoisotopic (exact) mass is 370 g/mol. The van der Waals surface area contributed by atoms with E-state index in [1.165, 1.54) is 11.5 Å². The van der Waals surface area contributed by atoms with E-state index in [0.717, 1.165) is 29.0 Å². The van der Waals surface area contributed by atoms with Crippen molar-refractivity contribution in [2.45, 2.75) is 20.0 Å². The topological polar surface area (TPSA) is 66.5 Å². The van der Waals surface area contributed by atoms with Crippen LogP contribution in [0.2, 0.25) is 5.02 Å². The molecular weight excluding hydrogens is 348 g/mol. The number of halogens is 1. The summed E-state index contributed by atoms with van der Waals surface area (Å²) in [4.78, 5) is 13.8. The molecule has 8 heteroatoms. The Morgan fingerprint density at radius 1 is 1.42 bits per heavy atom. The van der Waals surface area contributed by atoms with Gasteiger partial charge in [-0.15, -0.1) is 0 Å². The van der Waals surface area contributed by atoms with Gasteiger partial charge in [-0.05, 0) is 42.8 Å². The summed E-state index contributed by atoms with van der Waals surface area (Å²) in [6.07, 6.45) is -0.697. The van der Waals surface area contributed by atoms with Crippen LogP contribution in [0.1, 0.15) is 13.8 Å². The van der Waals surface area contributed by atoms with Gasteiger partial charge in [0.25, 0.3) is 0 Å². The maximum Gasteiger partial charge on any atom is 0.407 e. The van der Waals surface area contributed by atoms with Crippen LogP contribution < -0.4 is 10.6 Å². The van der Waals surface area contributed by atoms with Gasteiger partial charge in [-0.1, -0.05) is 25.4 Å². The number of rotatable bonds is 8. The van der Waals surface area contributed by atoms with Gasteiger partial charge in [0.1, 0.15) is 11.9 Å². The summed E-state index contributed by atoms with van der Waals surface area (Å²) in [7, 11) is 1.56. The zero-order chi connectivity index (χ0) is 17.5. The van der Waals surface area contributed by atoms with Crippen LogP contribution in [-0.4, -0.2) is 54.7 Å². The molecule has 1 atom stereocenters. The van der Waals surface area contributed by atoms with Crippen LogP contribution in [0.25, 0.3) is 10.1 Å². The normalized spacial score (nSPS) is 12.4. The Labute approximate surface area is 151 Å². The van der Waals surface area contributed by atoms with E-state index in [2.05, 4.69) is 33.8 Å². The van der Waals surface area contributed by atoms with Crippen LogP contribution >= 0.6 is 23.1 Å². The van der Waals surface area contributed by atoms with Crippen LogP contribution in [0.5, 0.6) is 0 Å². The van der Waals surface area contributed by atoms with E-state index in [0.29, 0.717) is 18.1 Å². The number of carbonyl (C=O) groups is 1. The van der Waals surface area contributed by atoms with Crippen molar-refractivity contribution in [2.24, 2.45) is 0 Å². The zero-order valence-electron chi connectivity index (χ0n) is 14.1. The summed E-state index contributed by atoms with van der Waals surface area (Å²) in [5.41, 5.74) is 0. The van der Waals surface area contributed by atoms with Crippen LogP contribution in [0.4, 0.5) is 10.6 Å². The smallest absolute Gasteiger partial charge is 0.407 e. The Hall–Kier alpha value is -1.57. The predicted molar refractivity (Wildman–Crippen MR) is 100 cm³/mol. The lowest BCUT2D eigenvalue weighted by Gasteiger charge is -2.25. The number of ether oxygens (including phenoxy) is 1. The maximum absolute atomic E-state index is 11.6. The van der Waals surface area contributed by atoms with Gasteiger partial charge in [-0.2, -0.15) is 4.37 Å². The fraction of sp³-hybridized carbons (Fsp3) is 0.500. The quantitative estimate of drug-likeness (QED) is 0.745. The van der Waals surface area contributed by atoms with Gasteiger partial charge >= 0.3 is 6.09 Å². The molecule has 1 unspecified atom stereocenters. The molecule has 2 aromatic rings. The van der Waals surface area contributed by atoms with Gasteiger partial charge in [-0.3, -0.25) is 0 Å². The number of nitrogens with zero attached hydrogens (tertiary/aromatic N) is 2. The Balaban J connectivity index is 2.05. The van der Waals surface area contributed by atoms with Gasteiger partial charge in [0.05, 0.1) is 11.2 Å². The SMILES string of the molecule is CCN(CC)CC(CNc1nsc2cc(Cl)ccc12)OC(=O)NC. The van der Waals surface area contributed by atoms with E-state index in [1.807, 2.05) is 18.2 Å². The Kier molecular flexibility index (Phi) is 7.08. The van der Waals surface area contributed by atoms with Crippen molar-refractivity contribution in [3.05, 3.63) is 23.2 Å². The molecule has 0 aliphatic heterocycles. The Morgan fingerprint density at radius 3 is 2.83 bits per heavy atom. The second-order valence-corrected chi connectivity index (χ2v) is 6.56. The number of likely N-dealkylation sites (N-methyl/N-ethyl adjacent to an activating group) is 1. The molecule has 6 nitrogen and oxygen atoms in total. The zero-order valence-corrected chi connectivity index (χ0v) is 15.7. The summed E-state index contributed by atoms with van der Waals surface area (Å²) >= 11 is 7.40. The largest absolute Gasteiger partial charge is 0.443 e. The number of hydrogen-bond donors (Lipinski definition) is 2. The third-order valence-corrected chi connectivity index (χ3v) is 4.81. The van der Waals surface area contributed by atoms with Gasteiger partial charge < -0.3 is 20.3 Å². The van der Waals surface area contributed by atoms with E-state index >= 15 is 0 Å². The minimum Gasteiger partial charge on any atom is -0.443 e. The minimum absolute atomic E-state index is 0.270. The first-order valence-corrected chi connectivity index (χ1v) is 9.12. The molecule has 1 amide bonds. The number of nitrogens with one attached hydrogen (secondary N) is 2. The van der Waals surface area contributed by atoms with Crippen LogP contribution in [-0.2, 0) is 4.74 Å². The second-order valence-electron chi connectivity index (χ2n) is 5.32. The lowest BCUT2D eigenvalue weighted by Crippen LogP contribution is -2.40. The van der Waals surface area contributed by atoms with Gasteiger partial charge in [-0.25, -0.2) is 4.79 Å². The van der Waals surface area contributed by atoms with E-state index in [9.17, 15) is 4.79 Å². The first kappa shape index (κ1) is 18.8. The van der Waals surface area contributed by atoms with Gasteiger partial charge in [0, 0.05) is 24.0 Å². The molecule has 1 aromatic heterocycles. The molecule has 24 heavy (non-hydrogen) atoms. The van der Waals surface area contributed by atoms with Crippen LogP contribution in [0.3, 0.4) is 0 Å². The molecule has 1 heterocycles. The molecular formula is C16H23ClN4O2S. The van der Waals surface area contributed by atoms with E-state index in [-0.39, 0.29) is 6.10 Å².